The number of amides is 1. The van der Waals surface area contributed by atoms with E-state index in [0.29, 0.717) is 17.4 Å². The number of nitrogens with zero attached hydrogens (tertiary/aromatic N) is 4. The third kappa shape index (κ3) is 5.91. The lowest BCUT2D eigenvalue weighted by atomic mass is 10.0. The van der Waals surface area contributed by atoms with Crippen LogP contribution in [0.2, 0.25) is 0 Å². The summed E-state index contributed by atoms with van der Waals surface area (Å²) in [5, 5.41) is 11.5. The topological polar surface area (TPSA) is 72.3 Å². The van der Waals surface area contributed by atoms with Crippen LogP contribution >= 0.6 is 11.8 Å². The lowest BCUT2D eigenvalue weighted by molar-refractivity contribution is -0.118. The quantitative estimate of drug-likeness (QED) is 0.480. The molecule has 4 rings (SSSR count). The fourth-order valence-corrected chi connectivity index (χ4v) is 4.79. The van der Waals surface area contributed by atoms with Crippen molar-refractivity contribution >= 4 is 17.7 Å². The van der Waals surface area contributed by atoms with Crippen LogP contribution in [0.3, 0.4) is 0 Å². The molecule has 0 bridgehead atoms. The molecule has 0 spiro atoms. The van der Waals surface area contributed by atoms with E-state index in [0.717, 1.165) is 24.4 Å². The Morgan fingerprint density at radius 3 is 2.64 bits per heavy atom. The lowest BCUT2D eigenvalue weighted by Gasteiger charge is -2.35. The van der Waals surface area contributed by atoms with Crippen molar-refractivity contribution in [1.29, 1.82) is 0 Å². The number of carbonyl (C=O) groups is 1. The molecule has 174 valence electrons. The number of ether oxygens (including phenoxy) is 1. The number of carbonyl (C=O) groups excluding carboxylic acids is 1. The van der Waals surface area contributed by atoms with Gasteiger partial charge < -0.3 is 10.1 Å². The summed E-state index contributed by atoms with van der Waals surface area (Å²) in [6.07, 6.45) is 5.04. The second-order valence-electron chi connectivity index (χ2n) is 7.91. The highest BCUT2D eigenvalue weighted by atomic mass is 32.2. The summed E-state index contributed by atoms with van der Waals surface area (Å²) >= 11 is 1.23. The summed E-state index contributed by atoms with van der Waals surface area (Å²) in [5.41, 5.74) is 1.51. The molecule has 0 unspecified atom stereocenters. The molecule has 2 heterocycles. The van der Waals surface area contributed by atoms with E-state index in [4.69, 9.17) is 4.74 Å². The van der Waals surface area contributed by atoms with Gasteiger partial charge in [0.2, 0.25) is 5.91 Å². The molecule has 1 saturated heterocycles. The predicted molar refractivity (Wildman–Crippen MR) is 126 cm³/mol. The normalized spacial score (nSPS) is 15.2. The summed E-state index contributed by atoms with van der Waals surface area (Å²) < 4.78 is 21.0. The first-order chi connectivity index (χ1) is 16.2. The first-order valence-electron chi connectivity index (χ1n) is 11.1. The van der Waals surface area contributed by atoms with Gasteiger partial charge in [0.25, 0.3) is 0 Å². The molecule has 3 aromatic rings. The SMILES string of the molecule is COc1ccc([C@@H](CNC(=O)CSc2nncn2-c2ccccc2F)N2CCCCC2)cc1. The highest BCUT2D eigenvalue weighted by Crippen LogP contribution is 2.26. The highest BCUT2D eigenvalue weighted by molar-refractivity contribution is 7.99. The van der Waals surface area contributed by atoms with Gasteiger partial charge in [-0.05, 0) is 55.8 Å². The first kappa shape index (κ1) is 23.3. The van der Waals surface area contributed by atoms with Gasteiger partial charge in [0.05, 0.1) is 24.6 Å². The number of piperidine rings is 1. The molecule has 1 N–H and O–H groups in total. The van der Waals surface area contributed by atoms with Gasteiger partial charge in [-0.1, -0.05) is 42.4 Å². The van der Waals surface area contributed by atoms with E-state index < -0.39 is 0 Å². The number of methoxy groups -OCH3 is 1. The fraction of sp³-hybridized carbons (Fsp3) is 0.375. The van der Waals surface area contributed by atoms with E-state index in [2.05, 4.69) is 32.5 Å². The molecule has 7 nitrogen and oxygen atoms in total. The maximum atomic E-state index is 14.1. The average molecular weight is 470 g/mol. The van der Waals surface area contributed by atoms with E-state index in [1.54, 1.807) is 29.9 Å². The monoisotopic (exact) mass is 469 g/mol. The van der Waals surface area contributed by atoms with Crippen LogP contribution in [0.5, 0.6) is 5.75 Å². The number of para-hydroxylation sites is 1. The molecule has 0 saturated carbocycles. The third-order valence-corrected chi connectivity index (χ3v) is 6.73. The van der Waals surface area contributed by atoms with E-state index >= 15 is 0 Å². The molecule has 1 atom stereocenters. The number of benzene rings is 2. The number of halogens is 1. The van der Waals surface area contributed by atoms with Gasteiger partial charge in [-0.2, -0.15) is 0 Å². The minimum atomic E-state index is -0.368. The van der Waals surface area contributed by atoms with Crippen LogP contribution in [-0.4, -0.2) is 58.1 Å². The summed E-state index contributed by atoms with van der Waals surface area (Å²) in [6.45, 7) is 2.56. The number of aromatic nitrogens is 3. The molecular weight excluding hydrogens is 441 g/mol. The molecule has 2 aromatic carbocycles. The molecule has 1 aromatic heterocycles. The summed E-state index contributed by atoms with van der Waals surface area (Å²) in [6, 6.07) is 14.6. The van der Waals surface area contributed by atoms with Crippen molar-refractivity contribution in [2.24, 2.45) is 0 Å². The van der Waals surface area contributed by atoms with Crippen molar-refractivity contribution in [3.05, 3.63) is 66.2 Å². The van der Waals surface area contributed by atoms with Crippen molar-refractivity contribution in [2.75, 3.05) is 32.5 Å². The van der Waals surface area contributed by atoms with Crippen LogP contribution in [0.25, 0.3) is 5.69 Å². The minimum Gasteiger partial charge on any atom is -0.497 e. The Balaban J connectivity index is 1.38. The Morgan fingerprint density at radius 1 is 1.15 bits per heavy atom. The number of rotatable bonds is 9. The molecule has 1 aliphatic rings. The van der Waals surface area contributed by atoms with Crippen LogP contribution < -0.4 is 10.1 Å². The van der Waals surface area contributed by atoms with Gasteiger partial charge in [0, 0.05) is 6.54 Å². The van der Waals surface area contributed by atoms with E-state index in [-0.39, 0.29) is 23.5 Å². The second kappa shape index (κ2) is 11.3. The number of hydrogen-bond acceptors (Lipinski definition) is 6. The minimum absolute atomic E-state index is 0.0985. The Bertz CT molecular complexity index is 1050. The Hall–Kier alpha value is -2.91. The largest absolute Gasteiger partial charge is 0.497 e. The van der Waals surface area contributed by atoms with Crippen LogP contribution in [0.15, 0.2) is 60.0 Å². The summed E-state index contributed by atoms with van der Waals surface area (Å²) in [7, 11) is 1.65. The molecule has 9 heteroatoms. The van der Waals surface area contributed by atoms with Gasteiger partial charge in [-0.25, -0.2) is 4.39 Å². The number of likely N-dealkylation sites (tertiary alicyclic amines) is 1. The summed E-state index contributed by atoms with van der Waals surface area (Å²) in [4.78, 5) is 15.1. The molecule has 1 amide bonds. The van der Waals surface area contributed by atoms with Gasteiger partial charge in [-0.3, -0.25) is 14.3 Å². The molecule has 0 radical (unpaired) electrons. The highest BCUT2D eigenvalue weighted by Gasteiger charge is 2.23. The van der Waals surface area contributed by atoms with Gasteiger partial charge >= 0.3 is 0 Å². The van der Waals surface area contributed by atoms with Gasteiger partial charge in [0.1, 0.15) is 17.9 Å². The Morgan fingerprint density at radius 2 is 1.91 bits per heavy atom. The van der Waals surface area contributed by atoms with E-state index in [1.807, 2.05) is 12.1 Å². The summed E-state index contributed by atoms with van der Waals surface area (Å²) in [5.74, 6) is 0.518. The standard InChI is InChI=1S/C24H28FN5O2S/c1-32-19-11-9-18(10-12-19)22(29-13-5-2-6-14-29)15-26-23(31)16-33-24-28-27-17-30(24)21-8-4-3-7-20(21)25/h3-4,7-12,17,22H,2,5-6,13-16H2,1H3,(H,26,31)/t22-/m1/s1. The van der Waals surface area contributed by atoms with Crippen LogP contribution in [-0.2, 0) is 4.79 Å². The molecule has 0 aliphatic carbocycles. The fourth-order valence-electron chi connectivity index (χ4n) is 4.04. The van der Waals surface area contributed by atoms with Gasteiger partial charge in [-0.15, -0.1) is 10.2 Å². The lowest BCUT2D eigenvalue weighted by Crippen LogP contribution is -2.41. The van der Waals surface area contributed by atoms with Crippen LogP contribution in [0, 0.1) is 5.82 Å². The van der Waals surface area contributed by atoms with Crippen LogP contribution in [0.4, 0.5) is 4.39 Å². The Kier molecular flexibility index (Phi) is 7.96. The third-order valence-electron chi connectivity index (χ3n) is 5.79. The zero-order valence-electron chi connectivity index (χ0n) is 18.6. The van der Waals surface area contributed by atoms with E-state index in [1.165, 1.54) is 43.4 Å². The molecule has 1 aliphatic heterocycles. The smallest absolute Gasteiger partial charge is 0.230 e. The van der Waals surface area contributed by atoms with Gasteiger partial charge in [0.15, 0.2) is 5.16 Å². The van der Waals surface area contributed by atoms with Crippen LogP contribution in [0.1, 0.15) is 30.9 Å². The van der Waals surface area contributed by atoms with Crippen molar-refractivity contribution in [2.45, 2.75) is 30.5 Å². The number of nitrogens with one attached hydrogen (secondary N) is 1. The molecular formula is C24H28FN5O2S. The maximum absolute atomic E-state index is 14.1. The number of hydrogen-bond donors (Lipinski definition) is 1. The zero-order valence-corrected chi connectivity index (χ0v) is 19.4. The zero-order chi connectivity index (χ0) is 23.0. The second-order valence-corrected chi connectivity index (χ2v) is 8.86. The number of thioether (sulfide) groups is 1. The van der Waals surface area contributed by atoms with Crippen molar-refractivity contribution in [1.82, 2.24) is 25.0 Å². The molecule has 1 fully saturated rings. The van der Waals surface area contributed by atoms with Crippen molar-refractivity contribution in [3.63, 3.8) is 0 Å². The predicted octanol–water partition coefficient (Wildman–Crippen LogP) is 3.85. The average Bonchev–Trinajstić information content (AvgIpc) is 3.32. The molecule has 33 heavy (non-hydrogen) atoms. The first-order valence-corrected chi connectivity index (χ1v) is 12.1. The Labute approximate surface area is 197 Å². The maximum Gasteiger partial charge on any atom is 0.230 e. The van der Waals surface area contributed by atoms with Crippen molar-refractivity contribution < 1.29 is 13.9 Å². The van der Waals surface area contributed by atoms with Crippen molar-refractivity contribution in [3.8, 4) is 11.4 Å². The van der Waals surface area contributed by atoms with E-state index in [9.17, 15) is 9.18 Å².